The Morgan fingerprint density at radius 2 is 0.844 bits per heavy atom. The van der Waals surface area contributed by atoms with Gasteiger partial charge in [-0.3, -0.25) is 4.79 Å². The number of carbonyl (C=O) groups is 1. The lowest BCUT2D eigenvalue weighted by molar-refractivity contribution is -0.137. The fourth-order valence-electron chi connectivity index (χ4n) is 4.22. The van der Waals surface area contributed by atoms with E-state index in [0.717, 1.165) is 19.3 Å². The highest BCUT2D eigenvalue weighted by atomic mass is 16.4. The molecule has 0 saturated carbocycles. The molecule has 188 valence electrons. The average Bonchev–Trinajstić information content (AvgIpc) is 2.78. The first-order chi connectivity index (χ1) is 15.8. The molecular weight excluding hydrogens is 392 g/mol. The predicted molar refractivity (Wildman–Crippen MR) is 142 cm³/mol. The van der Waals surface area contributed by atoms with Crippen molar-refractivity contribution in [2.45, 2.75) is 161 Å². The number of rotatable bonds is 26. The van der Waals surface area contributed by atoms with Crippen LogP contribution in [-0.4, -0.2) is 11.1 Å². The number of allylic oxidation sites excluding steroid dienone is 4. The second-order valence-corrected chi connectivity index (χ2v) is 9.62. The Morgan fingerprint density at radius 3 is 1.22 bits per heavy atom. The molecule has 0 unspecified atom stereocenters. The lowest BCUT2D eigenvalue weighted by Gasteiger charge is -2.04. The van der Waals surface area contributed by atoms with E-state index < -0.39 is 5.97 Å². The first-order valence-corrected chi connectivity index (χ1v) is 14.3. The summed E-state index contributed by atoms with van der Waals surface area (Å²) < 4.78 is 0. The molecular formula is C30H56O2. The Kier molecular flexibility index (Phi) is 27.1. The fourth-order valence-corrected chi connectivity index (χ4v) is 4.22. The highest BCUT2D eigenvalue weighted by Crippen LogP contribution is 2.15. The molecule has 2 nitrogen and oxygen atoms in total. The first kappa shape index (κ1) is 30.9. The molecule has 32 heavy (non-hydrogen) atoms. The maximum atomic E-state index is 10.4. The van der Waals surface area contributed by atoms with Gasteiger partial charge in [-0.05, 0) is 32.1 Å². The number of carboxylic acid groups (broad SMARTS) is 1. The van der Waals surface area contributed by atoms with Crippen molar-refractivity contribution in [3.8, 4) is 0 Å². The molecule has 0 aromatic carbocycles. The molecule has 2 heteroatoms. The van der Waals surface area contributed by atoms with Gasteiger partial charge >= 0.3 is 5.97 Å². The van der Waals surface area contributed by atoms with Crippen molar-refractivity contribution in [2.24, 2.45) is 0 Å². The molecule has 0 aliphatic rings. The molecule has 0 radical (unpaired) electrons. The van der Waals surface area contributed by atoms with Crippen molar-refractivity contribution >= 4 is 5.97 Å². The van der Waals surface area contributed by atoms with Crippen molar-refractivity contribution in [1.82, 2.24) is 0 Å². The minimum atomic E-state index is -0.652. The maximum absolute atomic E-state index is 10.4. The van der Waals surface area contributed by atoms with Crippen LogP contribution >= 0.6 is 0 Å². The van der Waals surface area contributed by atoms with Gasteiger partial charge in [-0.25, -0.2) is 0 Å². The summed E-state index contributed by atoms with van der Waals surface area (Å²) in [6.45, 7) is 2.23. The normalized spacial score (nSPS) is 11.8. The monoisotopic (exact) mass is 448 g/mol. The van der Waals surface area contributed by atoms with Crippen LogP contribution in [0.4, 0.5) is 0 Å². The Labute approximate surface area is 201 Å². The van der Waals surface area contributed by atoms with E-state index in [2.05, 4.69) is 31.2 Å². The van der Waals surface area contributed by atoms with Crippen LogP contribution < -0.4 is 0 Å². The predicted octanol–water partition coefficient (Wildman–Crippen LogP) is 10.6. The molecule has 0 amide bonds. The quantitative estimate of drug-likeness (QED) is 0.105. The van der Waals surface area contributed by atoms with Gasteiger partial charge in [0, 0.05) is 6.42 Å². The van der Waals surface area contributed by atoms with E-state index in [1.54, 1.807) is 0 Å². The maximum Gasteiger partial charge on any atom is 0.303 e. The molecule has 0 rings (SSSR count). The summed E-state index contributed by atoms with van der Waals surface area (Å²) >= 11 is 0. The lowest BCUT2D eigenvalue weighted by Crippen LogP contribution is -1.93. The van der Waals surface area contributed by atoms with E-state index in [1.807, 2.05) is 0 Å². The standard InChI is InChI=1S/C30H56O2/c1-2-3-4-5-6-7-8-9-10-11-12-13-14-15-16-17-18-19-20-21-22-23-24-25-26-27-28-29-30(31)32/h4-5,7-8H,2-3,6,9-29H2,1H3,(H,31,32). The number of unbranched alkanes of at least 4 members (excludes halogenated alkanes) is 20. The third-order valence-electron chi connectivity index (χ3n) is 6.32. The van der Waals surface area contributed by atoms with Crippen LogP contribution in [0.1, 0.15) is 161 Å². The van der Waals surface area contributed by atoms with Crippen LogP contribution in [0.2, 0.25) is 0 Å². The molecule has 0 aromatic heterocycles. The average molecular weight is 449 g/mol. The van der Waals surface area contributed by atoms with E-state index in [1.165, 1.54) is 128 Å². The van der Waals surface area contributed by atoms with E-state index in [9.17, 15) is 4.79 Å². The van der Waals surface area contributed by atoms with Gasteiger partial charge in [-0.1, -0.05) is 147 Å². The van der Waals surface area contributed by atoms with Crippen LogP contribution in [0.15, 0.2) is 24.3 Å². The summed E-state index contributed by atoms with van der Waals surface area (Å²) in [5.41, 5.74) is 0. The third-order valence-corrected chi connectivity index (χ3v) is 6.32. The first-order valence-electron chi connectivity index (χ1n) is 14.3. The molecule has 0 aliphatic carbocycles. The highest BCUT2D eigenvalue weighted by Gasteiger charge is 1.97. The van der Waals surface area contributed by atoms with Gasteiger partial charge in [-0.15, -0.1) is 0 Å². The van der Waals surface area contributed by atoms with E-state index in [-0.39, 0.29) is 0 Å². The number of hydrogen-bond acceptors (Lipinski definition) is 1. The molecule has 0 aromatic rings. The summed E-state index contributed by atoms with van der Waals surface area (Å²) in [6.07, 6.45) is 40.0. The molecule has 1 N–H and O–H groups in total. The highest BCUT2D eigenvalue weighted by molar-refractivity contribution is 5.66. The second-order valence-electron chi connectivity index (χ2n) is 9.62. The van der Waals surface area contributed by atoms with Gasteiger partial charge in [0.2, 0.25) is 0 Å². The number of hydrogen-bond donors (Lipinski definition) is 1. The summed E-state index contributed by atoms with van der Waals surface area (Å²) in [5.74, 6) is -0.652. The van der Waals surface area contributed by atoms with E-state index >= 15 is 0 Å². The van der Waals surface area contributed by atoms with Gasteiger partial charge in [0.05, 0.1) is 0 Å². The van der Waals surface area contributed by atoms with Gasteiger partial charge in [0.25, 0.3) is 0 Å². The largest absolute Gasteiger partial charge is 0.481 e. The molecule has 0 heterocycles. The molecule has 0 saturated heterocycles. The van der Waals surface area contributed by atoms with Crippen molar-refractivity contribution in [3.05, 3.63) is 24.3 Å². The van der Waals surface area contributed by atoms with Crippen LogP contribution in [-0.2, 0) is 4.79 Å². The van der Waals surface area contributed by atoms with Crippen LogP contribution in [0.5, 0.6) is 0 Å². The zero-order valence-electron chi connectivity index (χ0n) is 21.6. The molecule has 0 fully saturated rings. The Balaban J connectivity index is 3.08. The van der Waals surface area contributed by atoms with Gasteiger partial charge in [-0.2, -0.15) is 0 Å². The second kappa shape index (κ2) is 28.0. The van der Waals surface area contributed by atoms with Crippen molar-refractivity contribution in [1.29, 1.82) is 0 Å². The number of aliphatic carboxylic acids is 1. The van der Waals surface area contributed by atoms with Crippen LogP contribution in [0.3, 0.4) is 0 Å². The number of carboxylic acids is 1. The van der Waals surface area contributed by atoms with Gasteiger partial charge in [0.15, 0.2) is 0 Å². The van der Waals surface area contributed by atoms with Crippen LogP contribution in [0.25, 0.3) is 0 Å². The fraction of sp³-hybridized carbons (Fsp3) is 0.833. The SMILES string of the molecule is CCCC=CCC=CCCCCCCCCCCCCCCCCCCCCCC(=O)O. The molecule has 0 bridgehead atoms. The minimum Gasteiger partial charge on any atom is -0.481 e. The van der Waals surface area contributed by atoms with Gasteiger partial charge in [0.1, 0.15) is 0 Å². The van der Waals surface area contributed by atoms with Crippen molar-refractivity contribution in [3.63, 3.8) is 0 Å². The Bertz CT molecular complexity index is 425. The van der Waals surface area contributed by atoms with Crippen molar-refractivity contribution in [2.75, 3.05) is 0 Å². The summed E-state index contributed by atoms with van der Waals surface area (Å²) in [7, 11) is 0. The Hall–Kier alpha value is -1.05. The zero-order valence-corrected chi connectivity index (χ0v) is 21.6. The van der Waals surface area contributed by atoms with Gasteiger partial charge < -0.3 is 5.11 Å². The van der Waals surface area contributed by atoms with E-state index in [4.69, 9.17) is 5.11 Å². The summed E-state index contributed by atoms with van der Waals surface area (Å²) in [6, 6.07) is 0. The lowest BCUT2D eigenvalue weighted by atomic mass is 10.0. The zero-order chi connectivity index (χ0) is 23.4. The third kappa shape index (κ3) is 28.9. The molecule has 0 aliphatic heterocycles. The molecule has 0 spiro atoms. The summed E-state index contributed by atoms with van der Waals surface area (Å²) in [5, 5.41) is 8.60. The van der Waals surface area contributed by atoms with Crippen molar-refractivity contribution < 1.29 is 9.90 Å². The topological polar surface area (TPSA) is 37.3 Å². The van der Waals surface area contributed by atoms with Crippen LogP contribution in [0, 0.1) is 0 Å². The smallest absolute Gasteiger partial charge is 0.303 e. The molecule has 0 atom stereocenters. The van der Waals surface area contributed by atoms with E-state index in [0.29, 0.717) is 6.42 Å². The Morgan fingerprint density at radius 1 is 0.500 bits per heavy atom. The summed E-state index contributed by atoms with van der Waals surface area (Å²) in [4.78, 5) is 10.4. The minimum absolute atomic E-state index is 0.343.